The largest absolute Gasteiger partial charge is 0.382 e. The van der Waals surface area contributed by atoms with E-state index in [1.165, 1.54) is 0 Å². The summed E-state index contributed by atoms with van der Waals surface area (Å²) in [6.07, 6.45) is 1.71. The van der Waals surface area contributed by atoms with Gasteiger partial charge in [0.25, 0.3) is 0 Å². The first-order valence-electron chi connectivity index (χ1n) is 6.68. The van der Waals surface area contributed by atoms with Gasteiger partial charge in [0.2, 0.25) is 0 Å². The molecule has 0 fully saturated rings. The molecular formula is C14H20N6S. The number of likely N-dealkylation sites (N-methyl/N-ethyl adjacent to an activating group) is 2. The molecule has 0 spiro atoms. The minimum Gasteiger partial charge on any atom is -0.382 e. The van der Waals surface area contributed by atoms with E-state index in [4.69, 9.17) is 11.1 Å². The van der Waals surface area contributed by atoms with Gasteiger partial charge in [-0.3, -0.25) is 15.3 Å². The summed E-state index contributed by atoms with van der Waals surface area (Å²) >= 11 is 1.60. The Hall–Kier alpha value is -1.83. The molecule has 2 aromatic heterocycles. The lowest BCUT2D eigenvalue weighted by Gasteiger charge is -2.14. The number of aromatic nitrogens is 2. The van der Waals surface area contributed by atoms with E-state index in [0.717, 1.165) is 35.9 Å². The third-order valence-electron chi connectivity index (χ3n) is 3.01. The van der Waals surface area contributed by atoms with Gasteiger partial charge in [-0.05, 0) is 26.2 Å². The number of pyridine rings is 1. The number of thiazole rings is 1. The van der Waals surface area contributed by atoms with Crippen LogP contribution in [0.1, 0.15) is 11.4 Å². The van der Waals surface area contributed by atoms with Crippen molar-refractivity contribution in [1.29, 1.82) is 5.41 Å². The summed E-state index contributed by atoms with van der Waals surface area (Å²) in [5.74, 6) is -0.0208. The number of rotatable bonds is 7. The molecule has 0 unspecified atom stereocenters. The van der Waals surface area contributed by atoms with E-state index < -0.39 is 0 Å². The average Bonchev–Trinajstić information content (AvgIpc) is 2.93. The Labute approximate surface area is 128 Å². The predicted octanol–water partition coefficient (Wildman–Crippen LogP) is 1.14. The third kappa shape index (κ3) is 4.32. The first-order chi connectivity index (χ1) is 10.1. The summed E-state index contributed by atoms with van der Waals surface area (Å²) in [4.78, 5) is 11.0. The summed E-state index contributed by atoms with van der Waals surface area (Å²) in [5, 5.41) is 13.5. The maximum atomic E-state index is 7.34. The van der Waals surface area contributed by atoms with Crippen molar-refractivity contribution in [3.8, 4) is 10.6 Å². The molecule has 4 N–H and O–H groups in total. The Bertz CT molecular complexity index is 592. The predicted molar refractivity (Wildman–Crippen MR) is 86.6 cm³/mol. The molecule has 0 aliphatic carbocycles. The van der Waals surface area contributed by atoms with E-state index in [9.17, 15) is 0 Å². The molecule has 0 atom stereocenters. The van der Waals surface area contributed by atoms with Gasteiger partial charge in [0.15, 0.2) is 0 Å². The highest BCUT2D eigenvalue weighted by molar-refractivity contribution is 7.13. The van der Waals surface area contributed by atoms with Crippen LogP contribution >= 0.6 is 11.3 Å². The molecule has 7 heteroatoms. The number of nitrogens with two attached hydrogens (primary N) is 1. The Balaban J connectivity index is 2.03. The number of amidine groups is 1. The molecule has 0 aromatic carbocycles. The van der Waals surface area contributed by atoms with E-state index in [0.29, 0.717) is 5.69 Å². The highest BCUT2D eigenvalue weighted by atomic mass is 32.1. The maximum absolute atomic E-state index is 7.34. The lowest BCUT2D eigenvalue weighted by molar-refractivity contribution is 0.325. The van der Waals surface area contributed by atoms with Crippen molar-refractivity contribution in [1.82, 2.24) is 20.2 Å². The molecule has 0 saturated heterocycles. The molecule has 2 aromatic rings. The number of hydrogen-bond donors (Lipinski definition) is 3. The van der Waals surface area contributed by atoms with Crippen molar-refractivity contribution in [2.24, 2.45) is 5.73 Å². The molecule has 0 aliphatic heterocycles. The summed E-state index contributed by atoms with van der Waals surface area (Å²) in [6.45, 7) is 2.78. The molecule has 2 heterocycles. The fourth-order valence-electron chi connectivity index (χ4n) is 1.85. The number of nitrogen functional groups attached to an aromatic ring is 1. The zero-order valence-electron chi connectivity index (χ0n) is 12.3. The van der Waals surface area contributed by atoms with Crippen molar-refractivity contribution < 1.29 is 0 Å². The van der Waals surface area contributed by atoms with Gasteiger partial charge >= 0.3 is 0 Å². The monoisotopic (exact) mass is 304 g/mol. The maximum Gasteiger partial charge on any atom is 0.141 e. The van der Waals surface area contributed by atoms with Crippen molar-refractivity contribution in [3.63, 3.8) is 0 Å². The van der Waals surface area contributed by atoms with Gasteiger partial charge in [0.05, 0.1) is 5.69 Å². The first kappa shape index (κ1) is 15.6. The van der Waals surface area contributed by atoms with Crippen molar-refractivity contribution in [3.05, 3.63) is 35.1 Å². The zero-order chi connectivity index (χ0) is 15.2. The van der Waals surface area contributed by atoms with E-state index in [2.05, 4.69) is 32.6 Å². The summed E-state index contributed by atoms with van der Waals surface area (Å²) in [6, 6.07) is 3.65. The number of nitrogens with one attached hydrogen (secondary N) is 2. The molecule has 0 bridgehead atoms. The van der Waals surface area contributed by atoms with Crippen LogP contribution in [-0.2, 0) is 6.54 Å². The van der Waals surface area contributed by atoms with Crippen LogP contribution in [0.2, 0.25) is 0 Å². The Kier molecular flexibility index (Phi) is 5.38. The van der Waals surface area contributed by atoms with Gasteiger partial charge in [0.1, 0.15) is 16.5 Å². The van der Waals surface area contributed by atoms with Gasteiger partial charge in [-0.15, -0.1) is 11.3 Å². The van der Waals surface area contributed by atoms with Crippen LogP contribution in [0, 0.1) is 5.41 Å². The van der Waals surface area contributed by atoms with Crippen LogP contribution in [-0.4, -0.2) is 47.9 Å². The van der Waals surface area contributed by atoms with Crippen LogP contribution in [0.3, 0.4) is 0 Å². The minimum atomic E-state index is -0.0208. The molecule has 0 aliphatic rings. The highest BCUT2D eigenvalue weighted by Gasteiger charge is 2.08. The van der Waals surface area contributed by atoms with Crippen LogP contribution < -0.4 is 11.1 Å². The van der Waals surface area contributed by atoms with E-state index in [1.807, 2.05) is 13.1 Å². The van der Waals surface area contributed by atoms with Crippen LogP contribution in [0.15, 0.2) is 23.7 Å². The second kappa shape index (κ2) is 7.26. The van der Waals surface area contributed by atoms with Crippen LogP contribution in [0.5, 0.6) is 0 Å². The first-order valence-corrected chi connectivity index (χ1v) is 7.56. The molecule has 2 rings (SSSR count). The minimum absolute atomic E-state index is 0.0208. The van der Waals surface area contributed by atoms with E-state index >= 15 is 0 Å². The number of nitrogens with zero attached hydrogens (tertiary/aromatic N) is 3. The third-order valence-corrected chi connectivity index (χ3v) is 3.95. The van der Waals surface area contributed by atoms with Gasteiger partial charge in [0, 0.05) is 36.8 Å². The van der Waals surface area contributed by atoms with E-state index in [-0.39, 0.29) is 5.84 Å². The Morgan fingerprint density at radius 3 is 2.90 bits per heavy atom. The Morgan fingerprint density at radius 2 is 2.29 bits per heavy atom. The average molecular weight is 304 g/mol. The molecule has 0 amide bonds. The SMILES string of the molecule is CNCCN(C)Cc1csc(-c2ccc(C(=N)N)nc2)n1. The Morgan fingerprint density at radius 1 is 1.48 bits per heavy atom. The lowest BCUT2D eigenvalue weighted by atomic mass is 10.2. The molecule has 21 heavy (non-hydrogen) atoms. The highest BCUT2D eigenvalue weighted by Crippen LogP contribution is 2.23. The molecule has 0 saturated carbocycles. The molecular weight excluding hydrogens is 284 g/mol. The summed E-state index contributed by atoms with van der Waals surface area (Å²) in [5.41, 5.74) is 7.90. The molecule has 6 nitrogen and oxygen atoms in total. The molecule has 0 radical (unpaired) electrons. The van der Waals surface area contributed by atoms with Crippen molar-refractivity contribution in [2.45, 2.75) is 6.54 Å². The fourth-order valence-corrected chi connectivity index (χ4v) is 2.65. The normalized spacial score (nSPS) is 11.0. The van der Waals surface area contributed by atoms with Gasteiger partial charge < -0.3 is 11.1 Å². The van der Waals surface area contributed by atoms with Gasteiger partial charge in [-0.2, -0.15) is 0 Å². The van der Waals surface area contributed by atoms with Crippen LogP contribution in [0.25, 0.3) is 10.6 Å². The summed E-state index contributed by atoms with van der Waals surface area (Å²) < 4.78 is 0. The topological polar surface area (TPSA) is 90.9 Å². The van der Waals surface area contributed by atoms with E-state index in [1.54, 1.807) is 23.6 Å². The smallest absolute Gasteiger partial charge is 0.141 e. The lowest BCUT2D eigenvalue weighted by Crippen LogP contribution is -2.27. The van der Waals surface area contributed by atoms with Crippen LogP contribution in [0.4, 0.5) is 0 Å². The quantitative estimate of drug-likeness (QED) is 0.527. The zero-order valence-corrected chi connectivity index (χ0v) is 13.1. The molecule has 112 valence electrons. The van der Waals surface area contributed by atoms with Crippen molar-refractivity contribution in [2.75, 3.05) is 27.2 Å². The second-order valence-corrected chi connectivity index (χ2v) is 5.69. The van der Waals surface area contributed by atoms with Gasteiger partial charge in [-0.25, -0.2) is 4.98 Å². The van der Waals surface area contributed by atoms with Crippen molar-refractivity contribution >= 4 is 17.2 Å². The summed E-state index contributed by atoms with van der Waals surface area (Å²) in [7, 11) is 4.03. The standard InChI is InChI=1S/C14H20N6S/c1-17-5-6-20(2)8-11-9-21-14(19-11)10-3-4-12(13(15)16)18-7-10/h3-4,7,9,17H,5-6,8H2,1-2H3,(H3,15,16). The number of hydrogen-bond acceptors (Lipinski definition) is 6. The second-order valence-electron chi connectivity index (χ2n) is 4.83. The van der Waals surface area contributed by atoms with Gasteiger partial charge in [-0.1, -0.05) is 0 Å². The fraction of sp³-hybridized carbons (Fsp3) is 0.357.